The van der Waals surface area contributed by atoms with Crippen molar-refractivity contribution in [1.82, 2.24) is 29.4 Å². The topological polar surface area (TPSA) is 74.8 Å². The molecule has 0 saturated carbocycles. The molecular formula is C69H96N6O6. The van der Waals surface area contributed by atoms with Gasteiger partial charge < -0.3 is 57.8 Å². The Hall–Kier alpha value is -6.12. The lowest BCUT2D eigenvalue weighted by Gasteiger charge is -2.34. The van der Waals surface area contributed by atoms with Gasteiger partial charge in [0.25, 0.3) is 0 Å². The molecule has 0 spiro atoms. The molecule has 438 valence electrons. The Kier molecular flexibility index (Phi) is 27.5. The van der Waals surface area contributed by atoms with Crippen molar-refractivity contribution in [1.29, 1.82) is 0 Å². The maximum atomic E-state index is 5.41. The zero-order valence-electron chi connectivity index (χ0n) is 50.1. The van der Waals surface area contributed by atoms with Crippen molar-refractivity contribution in [3.63, 3.8) is 0 Å². The average Bonchev–Trinajstić information content (AvgIpc) is 3.53. The number of benzene rings is 6. The molecule has 0 amide bonds. The third-order valence-corrected chi connectivity index (χ3v) is 16.2. The predicted octanol–water partition coefficient (Wildman–Crippen LogP) is 10.5. The molecule has 0 bridgehead atoms. The molecule has 3 aliphatic heterocycles. The minimum atomic E-state index is 0.797. The highest BCUT2D eigenvalue weighted by Gasteiger charge is 2.20. The molecule has 9 rings (SSSR count). The van der Waals surface area contributed by atoms with E-state index in [9.17, 15) is 0 Å². The Labute approximate surface area is 487 Å². The van der Waals surface area contributed by atoms with Crippen LogP contribution in [-0.2, 0) is 38.5 Å². The van der Waals surface area contributed by atoms with E-state index in [4.69, 9.17) is 28.4 Å². The third-order valence-electron chi connectivity index (χ3n) is 16.2. The molecular weight excluding hydrogens is 1010 g/mol. The first-order chi connectivity index (χ1) is 39.8. The van der Waals surface area contributed by atoms with Crippen molar-refractivity contribution >= 4 is 0 Å². The van der Waals surface area contributed by atoms with Crippen molar-refractivity contribution in [2.24, 2.45) is 0 Å². The van der Waals surface area contributed by atoms with Crippen molar-refractivity contribution in [2.75, 3.05) is 160 Å². The van der Waals surface area contributed by atoms with Crippen LogP contribution in [0.15, 0.2) is 146 Å². The molecule has 0 radical (unpaired) electrons. The zero-order chi connectivity index (χ0) is 56.7. The van der Waals surface area contributed by atoms with Crippen LogP contribution in [0.3, 0.4) is 0 Å². The lowest BCUT2D eigenvalue weighted by Crippen LogP contribution is -2.47. The summed E-state index contributed by atoms with van der Waals surface area (Å²) in [5.74, 6) is 4.84. The Morgan fingerprint density at radius 1 is 0.235 bits per heavy atom. The van der Waals surface area contributed by atoms with E-state index in [2.05, 4.69) is 157 Å². The van der Waals surface area contributed by atoms with Gasteiger partial charge in [-0.05, 0) is 147 Å². The summed E-state index contributed by atoms with van der Waals surface area (Å²) >= 11 is 0. The number of nitrogens with zero attached hydrogens (tertiary/aromatic N) is 6. The van der Waals surface area contributed by atoms with Gasteiger partial charge in [-0.3, -0.25) is 0 Å². The van der Waals surface area contributed by atoms with Crippen LogP contribution >= 0.6 is 0 Å². The van der Waals surface area contributed by atoms with E-state index in [0.717, 1.165) is 73.4 Å². The Bertz CT molecular complexity index is 2330. The minimum Gasteiger partial charge on any atom is -0.493 e. The standard InChI is InChI=1S/3C23H32N2O2/c3*1-26-22-11-10-21(19-23(22)27-2)12-14-25-17-15-24(16-18-25)13-6-9-20-7-4-3-5-8-20/h3*3-5,7-8,10-11,19H,6,9,12-18H2,1-2H3. The van der Waals surface area contributed by atoms with Crippen LogP contribution in [0.5, 0.6) is 34.5 Å². The van der Waals surface area contributed by atoms with E-state index >= 15 is 0 Å². The summed E-state index contributed by atoms with van der Waals surface area (Å²) in [6.45, 7) is 21.0. The zero-order valence-corrected chi connectivity index (χ0v) is 50.1. The number of methoxy groups -OCH3 is 6. The lowest BCUT2D eigenvalue weighted by atomic mass is 10.1. The van der Waals surface area contributed by atoms with E-state index in [1.807, 2.05) is 18.2 Å². The second kappa shape index (κ2) is 35.7. The second-order valence-electron chi connectivity index (χ2n) is 21.6. The predicted molar refractivity (Wildman–Crippen MR) is 333 cm³/mol. The number of piperazine rings is 3. The monoisotopic (exact) mass is 1100 g/mol. The van der Waals surface area contributed by atoms with E-state index in [-0.39, 0.29) is 0 Å². The van der Waals surface area contributed by atoms with Gasteiger partial charge >= 0.3 is 0 Å². The fraction of sp³-hybridized carbons (Fsp3) is 0.478. The molecule has 6 aromatic carbocycles. The molecule has 6 aromatic rings. The fourth-order valence-corrected chi connectivity index (χ4v) is 11.1. The van der Waals surface area contributed by atoms with Crippen LogP contribution in [0.2, 0.25) is 0 Å². The minimum absolute atomic E-state index is 0.797. The Morgan fingerprint density at radius 3 is 0.679 bits per heavy atom. The Morgan fingerprint density at radius 2 is 0.457 bits per heavy atom. The maximum absolute atomic E-state index is 5.41. The fourth-order valence-electron chi connectivity index (χ4n) is 11.1. The van der Waals surface area contributed by atoms with Crippen molar-refractivity contribution in [3.8, 4) is 34.5 Å². The summed E-state index contributed by atoms with van der Waals surface area (Å²) in [4.78, 5) is 15.5. The van der Waals surface area contributed by atoms with Crippen molar-refractivity contribution < 1.29 is 28.4 Å². The van der Waals surface area contributed by atoms with Gasteiger partial charge in [-0.1, -0.05) is 109 Å². The molecule has 12 nitrogen and oxygen atoms in total. The molecule has 12 heteroatoms. The quantitative estimate of drug-likeness (QED) is 0.0493. The van der Waals surface area contributed by atoms with Gasteiger partial charge in [-0.25, -0.2) is 0 Å². The van der Waals surface area contributed by atoms with Gasteiger partial charge in [0, 0.05) is 98.2 Å². The normalized spacial score (nSPS) is 15.6. The van der Waals surface area contributed by atoms with Crippen LogP contribution in [0.25, 0.3) is 0 Å². The highest BCUT2D eigenvalue weighted by Crippen LogP contribution is 2.30. The van der Waals surface area contributed by atoms with E-state index in [1.165, 1.54) is 170 Å². The molecule has 3 aliphatic rings. The van der Waals surface area contributed by atoms with Crippen molar-refractivity contribution in [3.05, 3.63) is 179 Å². The summed E-state index contributed by atoms with van der Waals surface area (Å²) in [7, 11) is 10.1. The first-order valence-electron chi connectivity index (χ1n) is 29.9. The highest BCUT2D eigenvalue weighted by atomic mass is 16.5. The molecule has 0 atom stereocenters. The van der Waals surface area contributed by atoms with Gasteiger partial charge in [0.05, 0.1) is 42.7 Å². The second-order valence-corrected chi connectivity index (χ2v) is 21.6. The SMILES string of the molecule is COc1ccc(CCN2CCN(CCCc3ccccc3)CC2)cc1OC.COc1ccc(CCN2CCN(CCCc3ccccc3)CC2)cc1OC.COc1ccc(CCN2CCN(CCCc3ccccc3)CC2)cc1OC. The van der Waals surface area contributed by atoms with Gasteiger partial charge in [-0.15, -0.1) is 0 Å². The Balaban J connectivity index is 0.000000175. The maximum Gasteiger partial charge on any atom is 0.160 e. The van der Waals surface area contributed by atoms with Gasteiger partial charge in [0.2, 0.25) is 0 Å². The van der Waals surface area contributed by atoms with E-state index < -0.39 is 0 Å². The largest absolute Gasteiger partial charge is 0.493 e. The van der Waals surface area contributed by atoms with Crippen LogP contribution in [0, 0.1) is 0 Å². The van der Waals surface area contributed by atoms with Gasteiger partial charge in [0.1, 0.15) is 0 Å². The van der Waals surface area contributed by atoms with Gasteiger partial charge in [-0.2, -0.15) is 0 Å². The van der Waals surface area contributed by atoms with Gasteiger partial charge in [0.15, 0.2) is 34.5 Å². The molecule has 3 heterocycles. The third kappa shape index (κ3) is 21.9. The van der Waals surface area contributed by atoms with E-state index in [0.29, 0.717) is 0 Å². The summed E-state index contributed by atoms with van der Waals surface area (Å²) in [6.07, 6.45) is 10.4. The smallest absolute Gasteiger partial charge is 0.160 e. The summed E-state index contributed by atoms with van der Waals surface area (Å²) in [6, 6.07) is 51.1. The van der Waals surface area contributed by atoms with Crippen LogP contribution in [-0.4, -0.2) is 190 Å². The summed E-state index contributed by atoms with van der Waals surface area (Å²) in [5, 5.41) is 0. The average molecular weight is 1110 g/mol. The molecule has 3 fully saturated rings. The molecule has 3 saturated heterocycles. The first kappa shape index (κ1) is 62.5. The molecule has 0 aliphatic carbocycles. The molecule has 0 unspecified atom stereocenters. The number of ether oxygens (including phenoxy) is 6. The summed E-state index contributed by atoms with van der Waals surface area (Å²) in [5.41, 5.74) is 8.26. The summed E-state index contributed by atoms with van der Waals surface area (Å²) < 4.78 is 32.2. The number of rotatable bonds is 27. The number of hydrogen-bond acceptors (Lipinski definition) is 12. The number of aryl methyl sites for hydroxylation is 3. The van der Waals surface area contributed by atoms with E-state index in [1.54, 1.807) is 42.7 Å². The molecule has 0 aromatic heterocycles. The lowest BCUT2D eigenvalue weighted by molar-refractivity contribution is 0.132. The molecule has 81 heavy (non-hydrogen) atoms. The van der Waals surface area contributed by atoms with Crippen LogP contribution in [0.4, 0.5) is 0 Å². The van der Waals surface area contributed by atoms with Crippen molar-refractivity contribution in [2.45, 2.75) is 57.8 Å². The van der Waals surface area contributed by atoms with Crippen LogP contribution in [0.1, 0.15) is 52.6 Å². The highest BCUT2D eigenvalue weighted by molar-refractivity contribution is 5.44. The number of hydrogen-bond donors (Lipinski definition) is 0. The van der Waals surface area contributed by atoms with Crippen LogP contribution < -0.4 is 28.4 Å². The molecule has 0 N–H and O–H groups in total. The first-order valence-corrected chi connectivity index (χ1v) is 29.9.